The van der Waals surface area contributed by atoms with Gasteiger partial charge < -0.3 is 19.5 Å². The molecule has 0 aliphatic carbocycles. The van der Waals surface area contributed by atoms with E-state index in [1.54, 1.807) is 7.11 Å². The van der Waals surface area contributed by atoms with Crippen LogP contribution in [0.1, 0.15) is 50.2 Å². The fraction of sp³-hybridized carbons (Fsp3) is 0.500. The fourth-order valence-electron chi connectivity index (χ4n) is 3.96. The van der Waals surface area contributed by atoms with Gasteiger partial charge in [-0.2, -0.15) is 0 Å². The Labute approximate surface area is 169 Å². The molecule has 2 aliphatic rings. The van der Waals surface area contributed by atoms with E-state index in [4.69, 9.17) is 14.2 Å². The molecule has 2 aromatic carbocycles. The zero-order valence-corrected chi connectivity index (χ0v) is 17.4. The van der Waals surface area contributed by atoms with Gasteiger partial charge in [0, 0.05) is 6.54 Å². The van der Waals surface area contributed by atoms with Crippen molar-refractivity contribution in [2.24, 2.45) is 5.92 Å². The van der Waals surface area contributed by atoms with Gasteiger partial charge in [-0.15, -0.1) is 0 Å². The van der Waals surface area contributed by atoms with Crippen molar-refractivity contribution in [3.8, 4) is 17.2 Å². The quantitative estimate of drug-likeness (QED) is 0.791. The summed E-state index contributed by atoms with van der Waals surface area (Å²) in [4.78, 5) is 0. The average Bonchev–Trinajstić information content (AvgIpc) is 3.07. The van der Waals surface area contributed by atoms with E-state index in [1.807, 2.05) is 0 Å². The summed E-state index contributed by atoms with van der Waals surface area (Å²) in [5, 5.41) is 3.60. The Balaban J connectivity index is 0.000000706. The first-order valence-electron chi connectivity index (χ1n) is 10.5. The van der Waals surface area contributed by atoms with Crippen molar-refractivity contribution in [2.75, 3.05) is 27.0 Å². The molecule has 2 unspecified atom stereocenters. The molecule has 2 aromatic rings. The Bertz CT molecular complexity index is 732. The monoisotopic (exact) mass is 383 g/mol. The smallest absolute Gasteiger partial charge is 0.231 e. The van der Waals surface area contributed by atoms with Crippen molar-refractivity contribution in [3.05, 3.63) is 53.6 Å². The van der Waals surface area contributed by atoms with Gasteiger partial charge in [-0.1, -0.05) is 50.6 Å². The van der Waals surface area contributed by atoms with Gasteiger partial charge in [0.15, 0.2) is 11.5 Å². The maximum absolute atomic E-state index is 5.60. The Kier molecular flexibility index (Phi) is 7.61. The minimum absolute atomic E-state index is 0.273. The minimum atomic E-state index is 0.273. The molecule has 1 saturated heterocycles. The van der Waals surface area contributed by atoms with Crippen LogP contribution in [-0.4, -0.2) is 27.0 Å². The van der Waals surface area contributed by atoms with E-state index >= 15 is 0 Å². The Morgan fingerprint density at radius 1 is 1.11 bits per heavy atom. The maximum Gasteiger partial charge on any atom is 0.231 e. The predicted molar refractivity (Wildman–Crippen MR) is 114 cm³/mol. The minimum Gasteiger partial charge on any atom is -0.493 e. The van der Waals surface area contributed by atoms with E-state index in [2.05, 4.69) is 61.6 Å². The molecule has 4 heteroatoms. The van der Waals surface area contributed by atoms with Crippen LogP contribution in [0.5, 0.6) is 17.2 Å². The van der Waals surface area contributed by atoms with Gasteiger partial charge in [-0.25, -0.2) is 0 Å². The van der Waals surface area contributed by atoms with Crippen LogP contribution >= 0.6 is 0 Å². The zero-order chi connectivity index (χ0) is 19.8. The molecule has 0 spiro atoms. The average molecular weight is 384 g/mol. The maximum atomic E-state index is 5.60. The molecule has 1 N–H and O–H groups in total. The third kappa shape index (κ3) is 5.20. The van der Waals surface area contributed by atoms with Crippen LogP contribution in [0.4, 0.5) is 0 Å². The second-order valence-electron chi connectivity index (χ2n) is 7.65. The Hall–Kier alpha value is -2.20. The lowest BCUT2D eigenvalue weighted by molar-refractivity contribution is 0.171. The van der Waals surface area contributed by atoms with Crippen LogP contribution in [0.25, 0.3) is 0 Å². The first kappa shape index (κ1) is 20.5. The molecular weight excluding hydrogens is 350 g/mol. The first-order valence-corrected chi connectivity index (χ1v) is 10.5. The SMILES string of the molecule is CCC.COc1cc(C2CNCCC(Cc3ccccc3)C2)cc2c1OCO2. The van der Waals surface area contributed by atoms with Crippen molar-refractivity contribution >= 4 is 0 Å². The Morgan fingerprint density at radius 2 is 1.89 bits per heavy atom. The van der Waals surface area contributed by atoms with Gasteiger partial charge in [0.05, 0.1) is 7.11 Å². The van der Waals surface area contributed by atoms with E-state index in [-0.39, 0.29) is 6.79 Å². The Morgan fingerprint density at radius 3 is 2.64 bits per heavy atom. The number of hydrogen-bond donors (Lipinski definition) is 1. The van der Waals surface area contributed by atoms with Crippen molar-refractivity contribution in [1.29, 1.82) is 0 Å². The van der Waals surface area contributed by atoms with E-state index in [0.717, 1.165) is 36.8 Å². The molecule has 0 amide bonds. The second-order valence-corrected chi connectivity index (χ2v) is 7.65. The van der Waals surface area contributed by atoms with Gasteiger partial charge in [-0.05, 0) is 60.9 Å². The van der Waals surface area contributed by atoms with E-state index in [9.17, 15) is 0 Å². The molecule has 28 heavy (non-hydrogen) atoms. The summed E-state index contributed by atoms with van der Waals surface area (Å²) in [6, 6.07) is 15.1. The predicted octanol–water partition coefficient (Wildman–Crippen LogP) is 5.17. The summed E-state index contributed by atoms with van der Waals surface area (Å²) in [5.74, 6) is 3.44. The lowest BCUT2D eigenvalue weighted by Crippen LogP contribution is -2.19. The summed E-state index contributed by atoms with van der Waals surface area (Å²) in [6.45, 7) is 6.60. The van der Waals surface area contributed by atoms with Crippen molar-refractivity contribution < 1.29 is 14.2 Å². The molecule has 1 fully saturated rings. The molecule has 2 atom stereocenters. The molecule has 4 nitrogen and oxygen atoms in total. The molecule has 0 bridgehead atoms. The van der Waals surface area contributed by atoms with Crippen molar-refractivity contribution in [1.82, 2.24) is 5.32 Å². The van der Waals surface area contributed by atoms with E-state index < -0.39 is 0 Å². The highest BCUT2D eigenvalue weighted by Gasteiger charge is 2.26. The zero-order valence-electron chi connectivity index (χ0n) is 17.4. The van der Waals surface area contributed by atoms with Gasteiger partial charge in [0.25, 0.3) is 0 Å². The standard InChI is InChI=1S/C21H25NO3.C3H8/c1-23-19-11-17(12-20-21(19)25-14-24-20)18-10-16(7-8-22-13-18)9-15-5-3-2-4-6-15;1-3-2/h2-6,11-12,16,18,22H,7-10,13-14H2,1H3;3H2,1-2H3. The molecular formula is C24H33NO3. The molecule has 2 aliphatic heterocycles. The van der Waals surface area contributed by atoms with Gasteiger partial charge in [-0.3, -0.25) is 0 Å². The molecule has 0 radical (unpaired) electrons. The van der Waals surface area contributed by atoms with Crippen LogP contribution in [0.2, 0.25) is 0 Å². The third-order valence-corrected chi connectivity index (χ3v) is 5.26. The van der Waals surface area contributed by atoms with E-state index in [0.29, 0.717) is 11.8 Å². The van der Waals surface area contributed by atoms with Crippen molar-refractivity contribution in [2.45, 2.75) is 45.4 Å². The van der Waals surface area contributed by atoms with Gasteiger partial charge in [0.2, 0.25) is 12.5 Å². The summed E-state index contributed by atoms with van der Waals surface area (Å²) in [6.07, 6.45) is 4.78. The molecule has 152 valence electrons. The number of methoxy groups -OCH3 is 1. The van der Waals surface area contributed by atoms with Crippen LogP contribution in [0.3, 0.4) is 0 Å². The highest BCUT2D eigenvalue weighted by Crippen LogP contribution is 2.44. The lowest BCUT2D eigenvalue weighted by atomic mass is 9.85. The molecule has 4 rings (SSSR count). The van der Waals surface area contributed by atoms with Crippen LogP contribution in [0.15, 0.2) is 42.5 Å². The van der Waals surface area contributed by atoms with Gasteiger partial charge >= 0.3 is 0 Å². The number of nitrogens with one attached hydrogen (secondary N) is 1. The second kappa shape index (κ2) is 10.4. The van der Waals surface area contributed by atoms with Crippen LogP contribution in [-0.2, 0) is 6.42 Å². The number of benzene rings is 2. The summed E-state index contributed by atoms with van der Waals surface area (Å²) >= 11 is 0. The van der Waals surface area contributed by atoms with Gasteiger partial charge in [0.1, 0.15) is 0 Å². The summed E-state index contributed by atoms with van der Waals surface area (Å²) < 4.78 is 16.6. The van der Waals surface area contributed by atoms with Crippen molar-refractivity contribution in [3.63, 3.8) is 0 Å². The number of fused-ring (bicyclic) bond motifs is 1. The first-order chi connectivity index (χ1) is 13.7. The van der Waals surface area contributed by atoms with Crippen LogP contribution in [0, 0.1) is 5.92 Å². The van der Waals surface area contributed by atoms with E-state index in [1.165, 1.54) is 30.4 Å². The summed E-state index contributed by atoms with van der Waals surface area (Å²) in [7, 11) is 1.69. The number of rotatable bonds is 4. The number of hydrogen-bond acceptors (Lipinski definition) is 4. The number of ether oxygens (including phenoxy) is 3. The summed E-state index contributed by atoms with van der Waals surface area (Å²) in [5.41, 5.74) is 2.70. The molecule has 2 heterocycles. The normalized spacial score (nSPS) is 20.7. The largest absolute Gasteiger partial charge is 0.493 e. The topological polar surface area (TPSA) is 39.7 Å². The van der Waals surface area contributed by atoms with Crippen LogP contribution < -0.4 is 19.5 Å². The fourth-order valence-corrected chi connectivity index (χ4v) is 3.96. The highest BCUT2D eigenvalue weighted by molar-refractivity contribution is 5.55. The molecule has 0 aromatic heterocycles. The lowest BCUT2D eigenvalue weighted by Gasteiger charge is -2.21. The highest BCUT2D eigenvalue weighted by atomic mass is 16.7. The molecule has 0 saturated carbocycles. The third-order valence-electron chi connectivity index (χ3n) is 5.26.